The summed E-state index contributed by atoms with van der Waals surface area (Å²) in [5.41, 5.74) is 4.29. The number of aromatic nitrogens is 1. The lowest BCUT2D eigenvalue weighted by Gasteiger charge is -2.12. The van der Waals surface area contributed by atoms with Crippen molar-refractivity contribution in [3.8, 4) is 0 Å². The van der Waals surface area contributed by atoms with Gasteiger partial charge in [0.05, 0.1) is 16.7 Å². The molecule has 1 N–H and O–H groups in total. The molecule has 0 aliphatic carbocycles. The number of fused-ring (bicyclic) bond motifs is 2. The molecule has 32 heavy (non-hydrogen) atoms. The molecule has 0 fully saturated rings. The summed E-state index contributed by atoms with van der Waals surface area (Å²) in [6.45, 7) is 0. The predicted molar refractivity (Wildman–Crippen MR) is 114 cm³/mol. The van der Waals surface area contributed by atoms with Crippen LogP contribution in [0.4, 0.5) is 23.2 Å². The Morgan fingerprint density at radius 2 is 1.62 bits per heavy atom. The van der Waals surface area contributed by atoms with Crippen LogP contribution in [0.1, 0.15) is 22.3 Å². The maximum Gasteiger partial charge on any atom is 0.416 e. The fraction of sp³-hybridized carbons (Fsp3) is 0.0800. The van der Waals surface area contributed by atoms with E-state index in [1.807, 2.05) is 42.7 Å². The quantitative estimate of drug-likeness (QED) is 0.351. The van der Waals surface area contributed by atoms with Gasteiger partial charge in [-0.15, -0.1) is 0 Å². The van der Waals surface area contributed by atoms with Crippen molar-refractivity contribution in [3.63, 3.8) is 0 Å². The first-order valence-electron chi connectivity index (χ1n) is 9.69. The summed E-state index contributed by atoms with van der Waals surface area (Å²) in [6.07, 6.45) is -0.750. The molecule has 2 nitrogen and oxygen atoms in total. The zero-order chi connectivity index (χ0) is 21.8. The fourth-order valence-electron chi connectivity index (χ4n) is 4.18. The second kappa shape index (κ2) is 7.95. The number of aromatic amines is 1. The van der Waals surface area contributed by atoms with Crippen molar-refractivity contribution in [2.45, 2.75) is 6.18 Å². The predicted octanol–water partition coefficient (Wildman–Crippen LogP) is 3.65. The largest absolute Gasteiger partial charge is 1.00 e. The molecule has 1 aliphatic heterocycles. The van der Waals surface area contributed by atoms with Crippen molar-refractivity contribution in [2.24, 2.45) is 0 Å². The number of benzene rings is 3. The minimum atomic E-state index is -4.41. The van der Waals surface area contributed by atoms with Crippen molar-refractivity contribution < 1.29 is 34.5 Å². The van der Waals surface area contributed by atoms with Gasteiger partial charge < -0.3 is 17.4 Å². The number of H-pyrrole nitrogens is 1. The van der Waals surface area contributed by atoms with E-state index in [0.717, 1.165) is 39.7 Å². The average Bonchev–Trinajstić information content (AvgIpc) is 3.31. The van der Waals surface area contributed by atoms with Crippen LogP contribution in [0.15, 0.2) is 72.9 Å². The van der Waals surface area contributed by atoms with Crippen molar-refractivity contribution in [3.05, 3.63) is 101 Å². The van der Waals surface area contributed by atoms with E-state index >= 15 is 0 Å². The summed E-state index contributed by atoms with van der Waals surface area (Å²) in [5, 5.41) is 0.936. The van der Waals surface area contributed by atoms with Gasteiger partial charge in [-0.25, -0.2) is 0 Å². The second-order valence-electron chi connectivity index (χ2n) is 7.49. The van der Waals surface area contributed by atoms with Crippen LogP contribution < -0.4 is 12.4 Å². The smallest absolute Gasteiger partial charge is 0.416 e. The molecule has 0 spiro atoms. The first kappa shape index (κ1) is 21.8. The molecule has 7 heteroatoms. The zero-order valence-electron chi connectivity index (χ0n) is 16.8. The molecular weight excluding hydrogens is 440 g/mol. The van der Waals surface area contributed by atoms with Gasteiger partial charge in [-0.3, -0.25) is 0 Å². The third kappa shape index (κ3) is 3.50. The minimum absolute atomic E-state index is 0. The summed E-state index contributed by atoms with van der Waals surface area (Å²) in [6, 6.07) is 17.7. The normalized spacial score (nSPS) is 14.7. The van der Waals surface area contributed by atoms with Crippen LogP contribution in [-0.2, 0) is 6.18 Å². The fourth-order valence-corrected chi connectivity index (χ4v) is 4.18. The molecule has 0 radical (unpaired) electrons. The Labute approximate surface area is 187 Å². The van der Waals surface area contributed by atoms with Gasteiger partial charge in [0.15, 0.2) is 12.0 Å². The molecule has 2 heterocycles. The molecule has 4 aromatic rings. The highest BCUT2D eigenvalue weighted by Gasteiger charge is 2.32. The van der Waals surface area contributed by atoms with Gasteiger partial charge in [0.25, 0.3) is 0 Å². The highest BCUT2D eigenvalue weighted by molar-refractivity contribution is 6.25. The number of allylic oxidation sites excluding steroid dienone is 1. The van der Waals surface area contributed by atoms with Gasteiger partial charge in [0.1, 0.15) is 7.05 Å². The Hall–Kier alpha value is -3.38. The Bertz CT molecular complexity index is 1380. The van der Waals surface area contributed by atoms with Gasteiger partial charge in [-0.2, -0.15) is 22.1 Å². The van der Waals surface area contributed by atoms with Crippen LogP contribution in [0.2, 0.25) is 0 Å². The number of hydrogen-bond acceptors (Lipinski definition) is 0. The summed E-state index contributed by atoms with van der Waals surface area (Å²) < 4.78 is 55.6. The number of para-hydroxylation sites is 2. The number of hydrogen-bond donors (Lipinski definition) is 1. The molecule has 0 bridgehead atoms. The number of halogens is 5. The van der Waals surface area contributed by atoms with Crippen LogP contribution in [0.25, 0.3) is 22.0 Å². The van der Waals surface area contributed by atoms with E-state index in [1.54, 1.807) is 17.7 Å². The van der Waals surface area contributed by atoms with Gasteiger partial charge in [0.2, 0.25) is 5.69 Å². The van der Waals surface area contributed by atoms with E-state index in [2.05, 4.69) is 4.98 Å². The molecule has 3 aromatic carbocycles. The molecule has 0 amide bonds. The molecular formula is C25H17ClF4N2. The maximum absolute atomic E-state index is 14.5. The van der Waals surface area contributed by atoms with Crippen LogP contribution in [0, 0.1) is 5.82 Å². The maximum atomic E-state index is 14.5. The van der Waals surface area contributed by atoms with Crippen LogP contribution in [0.3, 0.4) is 0 Å². The van der Waals surface area contributed by atoms with Gasteiger partial charge >= 0.3 is 6.18 Å². The van der Waals surface area contributed by atoms with Crippen molar-refractivity contribution in [1.82, 2.24) is 4.98 Å². The molecule has 5 rings (SSSR count). The topological polar surface area (TPSA) is 18.8 Å². The van der Waals surface area contributed by atoms with E-state index in [4.69, 9.17) is 0 Å². The third-order valence-electron chi connectivity index (χ3n) is 5.58. The minimum Gasteiger partial charge on any atom is -1.00 e. The molecule has 162 valence electrons. The van der Waals surface area contributed by atoms with E-state index in [-0.39, 0.29) is 18.2 Å². The van der Waals surface area contributed by atoms with Crippen molar-refractivity contribution in [2.75, 3.05) is 7.05 Å². The zero-order valence-corrected chi connectivity index (χ0v) is 17.6. The number of alkyl halides is 3. The first-order chi connectivity index (χ1) is 14.8. The Kier molecular flexibility index (Phi) is 5.42. The van der Waals surface area contributed by atoms with Crippen molar-refractivity contribution in [1.29, 1.82) is 0 Å². The van der Waals surface area contributed by atoms with Crippen LogP contribution in [0.5, 0.6) is 0 Å². The summed E-state index contributed by atoms with van der Waals surface area (Å²) >= 11 is 0. The Morgan fingerprint density at radius 3 is 2.34 bits per heavy atom. The third-order valence-corrected chi connectivity index (χ3v) is 5.58. The lowest BCUT2D eigenvalue weighted by molar-refractivity contribution is -0.398. The SMILES string of the molecule is C[N+]1=CC(=C(c2ccc(C(F)(F)F)cc2)c2c[nH]c3ccccc23)c2cccc(F)c21.[Cl-]. The molecule has 0 unspecified atom stereocenters. The Morgan fingerprint density at radius 1 is 0.906 bits per heavy atom. The van der Waals surface area contributed by atoms with Crippen LogP contribution >= 0.6 is 0 Å². The highest BCUT2D eigenvalue weighted by Crippen LogP contribution is 2.42. The number of rotatable bonds is 2. The lowest BCUT2D eigenvalue weighted by Crippen LogP contribution is -3.00. The molecule has 1 aromatic heterocycles. The first-order valence-corrected chi connectivity index (χ1v) is 9.69. The monoisotopic (exact) mass is 456 g/mol. The molecule has 1 aliphatic rings. The van der Waals surface area contributed by atoms with Crippen molar-refractivity contribution >= 4 is 34.0 Å². The summed E-state index contributed by atoms with van der Waals surface area (Å²) in [5.74, 6) is -0.350. The number of nitrogens with zero attached hydrogens (tertiary/aromatic N) is 1. The van der Waals surface area contributed by atoms with E-state index in [0.29, 0.717) is 16.8 Å². The highest BCUT2D eigenvalue weighted by atomic mass is 35.5. The molecule has 0 atom stereocenters. The van der Waals surface area contributed by atoms with Crippen LogP contribution in [-0.4, -0.2) is 22.8 Å². The second-order valence-corrected chi connectivity index (χ2v) is 7.49. The Balaban J connectivity index is 0.00000245. The van der Waals surface area contributed by atoms with E-state index < -0.39 is 11.7 Å². The van der Waals surface area contributed by atoms with Gasteiger partial charge in [-0.05, 0) is 35.9 Å². The summed E-state index contributed by atoms with van der Waals surface area (Å²) in [4.78, 5) is 3.23. The summed E-state index contributed by atoms with van der Waals surface area (Å²) in [7, 11) is 1.76. The molecule has 0 saturated heterocycles. The average molecular weight is 457 g/mol. The van der Waals surface area contributed by atoms with Gasteiger partial charge in [-0.1, -0.05) is 36.4 Å². The molecule has 0 saturated carbocycles. The standard InChI is InChI=1S/C25H16F4N2.ClH/c1-31-14-20(18-6-4-7-21(26)24(18)31)23(15-9-11-16(12-10-15)25(27,28)29)19-13-30-22-8-3-2-5-17(19)22;/h2-14H,1H3;1H. The van der Waals surface area contributed by atoms with E-state index in [9.17, 15) is 17.6 Å². The lowest BCUT2D eigenvalue weighted by atomic mass is 9.89. The van der Waals surface area contributed by atoms with E-state index in [1.165, 1.54) is 18.2 Å². The van der Waals surface area contributed by atoms with Gasteiger partial charge in [0, 0.05) is 28.2 Å². The number of nitrogens with one attached hydrogen (secondary N) is 1.